The van der Waals surface area contributed by atoms with E-state index in [1.54, 1.807) is 18.5 Å². The van der Waals surface area contributed by atoms with Gasteiger partial charge >= 0.3 is 0 Å². The molecule has 10 nitrogen and oxygen atoms in total. The number of halogens is 3. The molecule has 3 aromatic heterocycles. The minimum atomic E-state index is -1.59. The molecule has 1 aliphatic rings. The Morgan fingerprint density at radius 2 is 1.82 bits per heavy atom. The van der Waals surface area contributed by atoms with Crippen LogP contribution in [0.2, 0.25) is 0 Å². The molecule has 14 heteroatoms. The molecule has 39 heavy (non-hydrogen) atoms. The molecular weight excluding hydrogens is 537 g/mol. The van der Waals surface area contributed by atoms with E-state index in [1.807, 2.05) is 12.1 Å². The van der Waals surface area contributed by atoms with Gasteiger partial charge in [-0.1, -0.05) is 0 Å². The van der Waals surface area contributed by atoms with Crippen LogP contribution >= 0.6 is 11.3 Å². The second-order valence-corrected chi connectivity index (χ2v) is 10.0. The lowest BCUT2D eigenvalue weighted by molar-refractivity contribution is -0.210. The van der Waals surface area contributed by atoms with Gasteiger partial charge in [-0.05, 0) is 42.8 Å². The van der Waals surface area contributed by atoms with Crippen LogP contribution in [-0.4, -0.2) is 69.8 Å². The van der Waals surface area contributed by atoms with E-state index in [2.05, 4.69) is 20.2 Å². The third kappa shape index (κ3) is 4.39. The summed E-state index contributed by atoms with van der Waals surface area (Å²) in [7, 11) is 0. The average Bonchev–Trinajstić information content (AvgIpc) is 3.67. The number of aryl methyl sites for hydroxylation is 1. The molecule has 1 aliphatic heterocycles. The number of aliphatic hydroxyl groups is 3. The highest BCUT2D eigenvalue weighted by atomic mass is 32.1. The fourth-order valence-electron chi connectivity index (χ4n) is 4.78. The molecule has 6 rings (SSSR count). The summed E-state index contributed by atoms with van der Waals surface area (Å²) in [6.45, 7) is 1.10. The third-order valence-corrected chi connectivity index (χ3v) is 7.46. The van der Waals surface area contributed by atoms with Crippen molar-refractivity contribution in [3.8, 4) is 16.8 Å². The number of rotatable bonds is 5. The summed E-state index contributed by atoms with van der Waals surface area (Å²) in [6.07, 6.45) is -2.52. The van der Waals surface area contributed by atoms with Crippen molar-refractivity contribution in [1.29, 1.82) is 0 Å². The monoisotopic (exact) mass is 558 g/mol. The van der Waals surface area contributed by atoms with E-state index in [0.29, 0.717) is 11.5 Å². The van der Waals surface area contributed by atoms with Crippen molar-refractivity contribution >= 4 is 21.6 Å². The van der Waals surface area contributed by atoms with Crippen LogP contribution in [0.25, 0.3) is 27.0 Å². The molecule has 4 heterocycles. The van der Waals surface area contributed by atoms with Gasteiger partial charge in [-0.2, -0.15) is 10.2 Å². The van der Waals surface area contributed by atoms with Crippen LogP contribution in [-0.2, 0) is 4.74 Å². The molecule has 202 valence electrons. The Morgan fingerprint density at radius 3 is 2.56 bits per heavy atom. The SMILES string of the molecule is Cc1nc([C@@H]2OC(CO)[C@H](O)[C@H](n3cc(-c4cc(F)c(F)c(F)c4)cn3)C2O)n(-c2ccc3ncsc3c2)n1. The molecule has 2 aromatic carbocycles. The first-order valence-corrected chi connectivity index (χ1v) is 12.7. The van der Waals surface area contributed by atoms with Crippen LogP contribution in [0.4, 0.5) is 13.2 Å². The summed E-state index contributed by atoms with van der Waals surface area (Å²) in [5, 5.41) is 41.1. The molecule has 0 bridgehead atoms. The number of nitrogens with zero attached hydrogens (tertiary/aromatic N) is 6. The lowest BCUT2D eigenvalue weighted by atomic mass is 9.92. The minimum absolute atomic E-state index is 0.0118. The fraction of sp³-hybridized carbons (Fsp3) is 0.280. The van der Waals surface area contributed by atoms with E-state index in [9.17, 15) is 28.5 Å². The molecule has 0 saturated carbocycles. The molecule has 2 unspecified atom stereocenters. The maximum atomic E-state index is 13.8. The third-order valence-electron chi connectivity index (χ3n) is 6.67. The number of ether oxygens (including phenoxy) is 1. The predicted molar refractivity (Wildman–Crippen MR) is 133 cm³/mol. The zero-order valence-corrected chi connectivity index (χ0v) is 21.0. The van der Waals surface area contributed by atoms with Gasteiger partial charge in [-0.3, -0.25) is 4.68 Å². The lowest BCUT2D eigenvalue weighted by Crippen LogP contribution is -2.53. The van der Waals surface area contributed by atoms with Crippen LogP contribution in [0, 0.1) is 24.4 Å². The Bertz CT molecular complexity index is 1650. The highest BCUT2D eigenvalue weighted by molar-refractivity contribution is 7.16. The quantitative estimate of drug-likeness (QED) is 0.281. The summed E-state index contributed by atoms with van der Waals surface area (Å²) in [6, 6.07) is 5.99. The Balaban J connectivity index is 1.39. The zero-order chi connectivity index (χ0) is 27.4. The minimum Gasteiger partial charge on any atom is -0.394 e. The van der Waals surface area contributed by atoms with Crippen LogP contribution in [0.5, 0.6) is 0 Å². The molecular formula is C25H21F3N6O4S. The van der Waals surface area contributed by atoms with Crippen LogP contribution in [0.1, 0.15) is 23.8 Å². The van der Waals surface area contributed by atoms with Crippen molar-refractivity contribution in [2.45, 2.75) is 37.4 Å². The first-order valence-electron chi connectivity index (χ1n) is 11.8. The normalized spacial score (nSPS) is 23.5. The van der Waals surface area contributed by atoms with Gasteiger partial charge in [0.15, 0.2) is 23.3 Å². The molecule has 1 saturated heterocycles. The molecule has 5 atom stereocenters. The van der Waals surface area contributed by atoms with Crippen LogP contribution < -0.4 is 0 Å². The largest absolute Gasteiger partial charge is 0.394 e. The van der Waals surface area contributed by atoms with Gasteiger partial charge < -0.3 is 20.1 Å². The molecule has 0 radical (unpaired) electrons. The van der Waals surface area contributed by atoms with Crippen molar-refractivity contribution in [2.24, 2.45) is 0 Å². The number of hydrogen-bond donors (Lipinski definition) is 3. The summed E-state index contributed by atoms with van der Waals surface area (Å²) in [4.78, 5) is 8.75. The van der Waals surface area contributed by atoms with Crippen molar-refractivity contribution in [1.82, 2.24) is 29.5 Å². The van der Waals surface area contributed by atoms with Crippen molar-refractivity contribution in [2.75, 3.05) is 6.61 Å². The highest BCUT2D eigenvalue weighted by Crippen LogP contribution is 2.39. The van der Waals surface area contributed by atoms with E-state index >= 15 is 0 Å². The molecule has 0 amide bonds. The number of benzene rings is 2. The Hall–Kier alpha value is -3.69. The topological polar surface area (TPSA) is 131 Å². The summed E-state index contributed by atoms with van der Waals surface area (Å²) < 4.78 is 50.6. The molecule has 0 aliphatic carbocycles. The Labute approximate surface area is 222 Å². The second kappa shape index (κ2) is 9.81. The second-order valence-electron chi connectivity index (χ2n) is 9.15. The van der Waals surface area contributed by atoms with E-state index < -0.39 is 54.5 Å². The maximum absolute atomic E-state index is 13.8. The van der Waals surface area contributed by atoms with E-state index in [-0.39, 0.29) is 17.0 Å². The maximum Gasteiger partial charge on any atom is 0.194 e. The van der Waals surface area contributed by atoms with Crippen LogP contribution in [0.3, 0.4) is 0 Å². The number of thiazole rings is 1. The Kier molecular flexibility index (Phi) is 6.43. The number of hydrogen-bond acceptors (Lipinski definition) is 9. The van der Waals surface area contributed by atoms with Gasteiger partial charge in [0.25, 0.3) is 0 Å². The highest BCUT2D eigenvalue weighted by Gasteiger charge is 2.48. The summed E-state index contributed by atoms with van der Waals surface area (Å²) in [5.74, 6) is -3.69. The lowest BCUT2D eigenvalue weighted by Gasteiger charge is -2.41. The number of fused-ring (bicyclic) bond motifs is 1. The summed E-state index contributed by atoms with van der Waals surface area (Å²) in [5.41, 5.74) is 3.41. The standard InChI is InChI=1S/C25H21F3N6O4S/c1-11-31-25(34(32-11)14-2-3-17-19(6-14)39-10-29-17)24-23(37)21(22(36)18(9-35)38-24)33-8-13(7-30-33)12-4-15(26)20(28)16(27)5-12/h2-8,10,18,21-24,35-37H,9H2,1H3/t18?,21-,22-,23?,24+/m0/s1. The van der Waals surface area contributed by atoms with Gasteiger partial charge in [-0.15, -0.1) is 11.3 Å². The fourth-order valence-corrected chi connectivity index (χ4v) is 5.49. The predicted octanol–water partition coefficient (Wildman–Crippen LogP) is 2.86. The smallest absolute Gasteiger partial charge is 0.194 e. The van der Waals surface area contributed by atoms with Crippen molar-refractivity contribution in [3.63, 3.8) is 0 Å². The van der Waals surface area contributed by atoms with Gasteiger partial charge in [0.05, 0.1) is 34.2 Å². The van der Waals surface area contributed by atoms with E-state index in [4.69, 9.17) is 4.74 Å². The molecule has 0 spiro atoms. The summed E-state index contributed by atoms with van der Waals surface area (Å²) >= 11 is 1.45. The van der Waals surface area contributed by atoms with Gasteiger partial charge in [-0.25, -0.2) is 27.8 Å². The number of aliphatic hydroxyl groups excluding tert-OH is 3. The van der Waals surface area contributed by atoms with Gasteiger partial charge in [0.1, 0.15) is 36.3 Å². The van der Waals surface area contributed by atoms with E-state index in [1.165, 1.54) is 33.1 Å². The van der Waals surface area contributed by atoms with Crippen LogP contribution in [0.15, 0.2) is 48.2 Å². The van der Waals surface area contributed by atoms with E-state index in [0.717, 1.165) is 22.3 Å². The first-order chi connectivity index (χ1) is 18.7. The average molecular weight is 559 g/mol. The molecule has 1 fully saturated rings. The van der Waals surface area contributed by atoms with Crippen molar-refractivity contribution < 1.29 is 33.2 Å². The zero-order valence-electron chi connectivity index (χ0n) is 20.2. The van der Waals surface area contributed by atoms with Crippen molar-refractivity contribution in [3.05, 3.63) is 77.3 Å². The Morgan fingerprint density at radius 1 is 1.05 bits per heavy atom. The first kappa shape index (κ1) is 25.6. The van der Waals surface area contributed by atoms with Gasteiger partial charge in [0, 0.05) is 11.8 Å². The van der Waals surface area contributed by atoms with Gasteiger partial charge in [0.2, 0.25) is 0 Å². The number of aromatic nitrogens is 6. The molecule has 5 aromatic rings. The molecule has 3 N–H and O–H groups in total.